The molecule has 1 N–H and O–H groups in total. The lowest BCUT2D eigenvalue weighted by Gasteiger charge is -2.13. The van der Waals surface area contributed by atoms with Crippen LogP contribution < -0.4 is 5.32 Å². The lowest BCUT2D eigenvalue weighted by atomic mass is 10.2. The fraction of sp³-hybridized carbons (Fsp3) is 0.333. The lowest BCUT2D eigenvalue weighted by Crippen LogP contribution is -2.09. The molecule has 0 radical (unpaired) electrons. The van der Waals surface area contributed by atoms with Gasteiger partial charge in [-0.05, 0) is 32.0 Å². The summed E-state index contributed by atoms with van der Waals surface area (Å²) in [4.78, 5) is 15.6. The smallest absolute Gasteiger partial charge is 0.337 e. The number of carbonyl (C=O) groups excluding carboxylic acids is 1. The van der Waals surface area contributed by atoms with Gasteiger partial charge in [-0.1, -0.05) is 6.07 Å². The van der Waals surface area contributed by atoms with Gasteiger partial charge >= 0.3 is 5.97 Å². The van der Waals surface area contributed by atoms with E-state index in [1.54, 1.807) is 12.1 Å². The Bertz CT molecular complexity index is 590. The van der Waals surface area contributed by atoms with Crippen molar-refractivity contribution in [3.05, 3.63) is 48.0 Å². The standard InChI is InChI=1S/C15H19N3O2/c1-11(2)18-10-16-8-14(18)9-17-13-6-4-5-12(7-13)15(19)20-3/h4-8,10-11,17H,9H2,1-3H3. The molecule has 0 fully saturated rings. The van der Waals surface area contributed by atoms with Gasteiger partial charge in [-0.3, -0.25) is 0 Å². The Morgan fingerprint density at radius 3 is 2.95 bits per heavy atom. The van der Waals surface area contributed by atoms with E-state index < -0.39 is 0 Å². The molecule has 0 aliphatic rings. The minimum absolute atomic E-state index is 0.333. The Kier molecular flexibility index (Phi) is 4.40. The summed E-state index contributed by atoms with van der Waals surface area (Å²) in [5.41, 5.74) is 2.52. The van der Waals surface area contributed by atoms with Gasteiger partial charge in [0.15, 0.2) is 0 Å². The molecule has 0 aliphatic carbocycles. The number of carbonyl (C=O) groups is 1. The molecule has 0 spiro atoms. The van der Waals surface area contributed by atoms with Gasteiger partial charge in [-0.15, -0.1) is 0 Å². The van der Waals surface area contributed by atoms with E-state index in [1.165, 1.54) is 7.11 Å². The summed E-state index contributed by atoms with van der Waals surface area (Å²) in [6.07, 6.45) is 3.67. The van der Waals surface area contributed by atoms with E-state index in [1.807, 2.05) is 24.7 Å². The number of ether oxygens (including phenoxy) is 1. The predicted octanol–water partition coefficient (Wildman–Crippen LogP) is 2.86. The first kappa shape index (κ1) is 14.1. The van der Waals surface area contributed by atoms with Gasteiger partial charge in [0.2, 0.25) is 0 Å². The van der Waals surface area contributed by atoms with Gasteiger partial charge in [-0.2, -0.15) is 0 Å². The van der Waals surface area contributed by atoms with Gasteiger partial charge in [0.25, 0.3) is 0 Å². The molecule has 0 aliphatic heterocycles. The average molecular weight is 273 g/mol. The quantitative estimate of drug-likeness (QED) is 0.851. The predicted molar refractivity (Wildman–Crippen MR) is 77.7 cm³/mol. The molecule has 1 aromatic heterocycles. The monoisotopic (exact) mass is 273 g/mol. The van der Waals surface area contributed by atoms with Crippen molar-refractivity contribution in [1.29, 1.82) is 0 Å². The highest BCUT2D eigenvalue weighted by atomic mass is 16.5. The molecule has 5 nitrogen and oxygen atoms in total. The first-order valence-electron chi connectivity index (χ1n) is 6.54. The van der Waals surface area contributed by atoms with Gasteiger partial charge in [0, 0.05) is 17.9 Å². The number of hydrogen-bond acceptors (Lipinski definition) is 4. The highest BCUT2D eigenvalue weighted by molar-refractivity contribution is 5.90. The molecule has 0 atom stereocenters. The van der Waals surface area contributed by atoms with Crippen molar-refractivity contribution < 1.29 is 9.53 Å². The zero-order chi connectivity index (χ0) is 14.5. The van der Waals surface area contributed by atoms with Crippen molar-refractivity contribution in [2.24, 2.45) is 0 Å². The molecule has 106 valence electrons. The third-order valence-corrected chi connectivity index (χ3v) is 3.06. The van der Waals surface area contributed by atoms with E-state index in [0.717, 1.165) is 11.4 Å². The van der Waals surface area contributed by atoms with Crippen LogP contribution in [0, 0.1) is 0 Å². The van der Waals surface area contributed by atoms with Crippen molar-refractivity contribution >= 4 is 11.7 Å². The summed E-state index contributed by atoms with van der Waals surface area (Å²) >= 11 is 0. The fourth-order valence-electron chi connectivity index (χ4n) is 2.00. The first-order valence-corrected chi connectivity index (χ1v) is 6.54. The summed E-state index contributed by atoms with van der Waals surface area (Å²) in [5, 5.41) is 3.29. The Hall–Kier alpha value is -2.30. The van der Waals surface area contributed by atoms with Crippen molar-refractivity contribution in [2.45, 2.75) is 26.4 Å². The molecule has 1 aromatic carbocycles. The molecule has 2 rings (SSSR count). The van der Waals surface area contributed by atoms with E-state index in [9.17, 15) is 4.79 Å². The zero-order valence-corrected chi connectivity index (χ0v) is 12.0. The van der Waals surface area contributed by atoms with Gasteiger partial charge in [0.05, 0.1) is 31.2 Å². The Balaban J connectivity index is 2.07. The minimum Gasteiger partial charge on any atom is -0.465 e. The number of imidazole rings is 1. The van der Waals surface area contributed by atoms with Crippen molar-refractivity contribution in [2.75, 3.05) is 12.4 Å². The number of hydrogen-bond donors (Lipinski definition) is 1. The van der Waals surface area contributed by atoms with Crippen LogP contribution in [0.25, 0.3) is 0 Å². The lowest BCUT2D eigenvalue weighted by molar-refractivity contribution is 0.0601. The van der Waals surface area contributed by atoms with E-state index >= 15 is 0 Å². The molecule has 2 aromatic rings. The number of benzene rings is 1. The minimum atomic E-state index is -0.333. The molecular formula is C15H19N3O2. The fourth-order valence-corrected chi connectivity index (χ4v) is 2.00. The van der Waals surface area contributed by atoms with Crippen LogP contribution in [-0.2, 0) is 11.3 Å². The molecule has 5 heteroatoms. The molecule has 0 amide bonds. The highest BCUT2D eigenvalue weighted by Gasteiger charge is 2.07. The summed E-state index contributed by atoms with van der Waals surface area (Å²) in [5.74, 6) is -0.333. The number of methoxy groups -OCH3 is 1. The van der Waals surface area contributed by atoms with Crippen LogP contribution in [0.3, 0.4) is 0 Å². The second kappa shape index (κ2) is 6.23. The maximum Gasteiger partial charge on any atom is 0.337 e. The Labute approximate surface area is 118 Å². The summed E-state index contributed by atoms with van der Waals surface area (Å²) < 4.78 is 6.82. The number of esters is 1. The zero-order valence-electron chi connectivity index (χ0n) is 12.0. The second-order valence-electron chi connectivity index (χ2n) is 4.81. The van der Waals surface area contributed by atoms with Crippen molar-refractivity contribution in [3.63, 3.8) is 0 Å². The molecule has 0 bridgehead atoms. The molecule has 20 heavy (non-hydrogen) atoms. The first-order chi connectivity index (χ1) is 9.61. The third kappa shape index (κ3) is 3.17. The molecule has 1 heterocycles. The van der Waals surface area contributed by atoms with Gasteiger partial charge in [0.1, 0.15) is 0 Å². The largest absolute Gasteiger partial charge is 0.465 e. The van der Waals surface area contributed by atoms with Crippen LogP contribution in [-0.4, -0.2) is 22.6 Å². The van der Waals surface area contributed by atoms with Crippen LogP contribution in [0.4, 0.5) is 5.69 Å². The number of nitrogens with zero attached hydrogens (tertiary/aromatic N) is 2. The van der Waals surface area contributed by atoms with Gasteiger partial charge < -0.3 is 14.6 Å². The highest BCUT2D eigenvalue weighted by Crippen LogP contribution is 2.14. The van der Waals surface area contributed by atoms with E-state index in [4.69, 9.17) is 4.74 Å². The maximum absolute atomic E-state index is 11.5. The van der Waals surface area contributed by atoms with Crippen LogP contribution in [0.1, 0.15) is 35.9 Å². The SMILES string of the molecule is COC(=O)c1cccc(NCc2cncn2C(C)C)c1. The van der Waals surface area contributed by atoms with E-state index in [0.29, 0.717) is 18.2 Å². The number of anilines is 1. The molecule has 0 unspecified atom stereocenters. The van der Waals surface area contributed by atoms with Crippen LogP contribution in [0.5, 0.6) is 0 Å². The summed E-state index contributed by atoms with van der Waals surface area (Å²) in [7, 11) is 1.38. The molecular weight excluding hydrogens is 254 g/mol. The Morgan fingerprint density at radius 1 is 1.45 bits per heavy atom. The normalized spacial score (nSPS) is 10.6. The number of aromatic nitrogens is 2. The topological polar surface area (TPSA) is 56.1 Å². The van der Waals surface area contributed by atoms with Crippen LogP contribution >= 0.6 is 0 Å². The molecule has 0 saturated carbocycles. The second-order valence-corrected chi connectivity index (χ2v) is 4.81. The van der Waals surface area contributed by atoms with E-state index in [2.05, 4.69) is 28.7 Å². The summed E-state index contributed by atoms with van der Waals surface area (Å²) in [6, 6.07) is 7.63. The van der Waals surface area contributed by atoms with E-state index in [-0.39, 0.29) is 5.97 Å². The number of rotatable bonds is 5. The average Bonchev–Trinajstić information content (AvgIpc) is 2.93. The maximum atomic E-state index is 11.5. The van der Waals surface area contributed by atoms with Crippen molar-refractivity contribution in [1.82, 2.24) is 9.55 Å². The number of nitrogens with one attached hydrogen (secondary N) is 1. The van der Waals surface area contributed by atoms with Crippen LogP contribution in [0.2, 0.25) is 0 Å². The molecule has 0 saturated heterocycles. The summed E-state index contributed by atoms with van der Waals surface area (Å²) in [6.45, 7) is 4.88. The van der Waals surface area contributed by atoms with Gasteiger partial charge in [-0.25, -0.2) is 9.78 Å². The van der Waals surface area contributed by atoms with Crippen LogP contribution in [0.15, 0.2) is 36.8 Å². The Morgan fingerprint density at radius 2 is 2.25 bits per heavy atom. The third-order valence-electron chi connectivity index (χ3n) is 3.06. The van der Waals surface area contributed by atoms with Crippen molar-refractivity contribution in [3.8, 4) is 0 Å².